The lowest BCUT2D eigenvalue weighted by atomic mass is 9.82. The lowest BCUT2D eigenvalue weighted by Gasteiger charge is -2.51. The molecule has 1 spiro atoms. The lowest BCUT2D eigenvalue weighted by Crippen LogP contribution is -2.67. The van der Waals surface area contributed by atoms with Crippen molar-refractivity contribution in [2.75, 3.05) is 39.8 Å². The second-order valence-corrected chi connectivity index (χ2v) is 7.85. The first-order valence-corrected chi connectivity index (χ1v) is 10.3. The number of alkyl halides is 6. The number of piperazine rings is 1. The Hall–Kier alpha value is -3.32. The first-order chi connectivity index (χ1) is 16.5. The normalized spacial score (nSPS) is 18.4. The van der Waals surface area contributed by atoms with Crippen LogP contribution in [0.4, 0.5) is 26.3 Å². The molecule has 2 saturated heterocycles. The average Bonchev–Trinajstić information content (AvgIpc) is 3.28. The zero-order valence-corrected chi connectivity index (χ0v) is 19.0. The summed E-state index contributed by atoms with van der Waals surface area (Å²) in [5.41, 5.74) is 0.757. The number of piperidine rings is 1. The van der Waals surface area contributed by atoms with Crippen LogP contribution in [0, 0.1) is 11.3 Å². The smallest absolute Gasteiger partial charge is 0.475 e. The third kappa shape index (κ3) is 8.72. The maximum absolute atomic E-state index is 12.8. The van der Waals surface area contributed by atoms with Crippen LogP contribution in [0.2, 0.25) is 0 Å². The van der Waals surface area contributed by atoms with E-state index in [0.717, 1.165) is 39.0 Å². The van der Waals surface area contributed by atoms with Crippen molar-refractivity contribution in [3.8, 4) is 6.07 Å². The number of carbonyl (C=O) groups is 3. The van der Waals surface area contributed by atoms with Gasteiger partial charge < -0.3 is 19.5 Å². The highest BCUT2D eigenvalue weighted by atomic mass is 19.4. The Balaban J connectivity index is 0.000000383. The summed E-state index contributed by atoms with van der Waals surface area (Å²) in [6.45, 7) is 4.35. The summed E-state index contributed by atoms with van der Waals surface area (Å²) < 4.78 is 68.6. The molecule has 0 aromatic carbocycles. The quantitative estimate of drug-likeness (QED) is 0.445. The number of likely N-dealkylation sites (N-methyl/N-ethyl adjacent to an activating group) is 1. The molecule has 2 N–H and O–H groups in total. The van der Waals surface area contributed by atoms with Gasteiger partial charge in [0.15, 0.2) is 0 Å². The van der Waals surface area contributed by atoms with E-state index in [4.69, 9.17) is 29.5 Å². The van der Waals surface area contributed by atoms with Crippen LogP contribution in [-0.4, -0.2) is 100 Å². The maximum Gasteiger partial charge on any atom is 0.490 e. The fraction of sp³-hybridized carbons (Fsp3) is 0.600. The van der Waals surface area contributed by atoms with Gasteiger partial charge in [-0.2, -0.15) is 31.6 Å². The van der Waals surface area contributed by atoms with Gasteiger partial charge in [-0.3, -0.25) is 14.6 Å². The predicted molar refractivity (Wildman–Crippen MR) is 108 cm³/mol. The van der Waals surface area contributed by atoms with Gasteiger partial charge in [0, 0.05) is 38.3 Å². The topological polar surface area (TPSA) is 138 Å². The maximum atomic E-state index is 12.8. The Morgan fingerprint density at radius 1 is 1.06 bits per heavy atom. The Morgan fingerprint density at radius 2 is 1.56 bits per heavy atom. The fourth-order valence-corrected chi connectivity index (χ4v) is 3.60. The van der Waals surface area contributed by atoms with Gasteiger partial charge in [0.1, 0.15) is 12.1 Å². The Kier molecular flexibility index (Phi) is 10.7. The summed E-state index contributed by atoms with van der Waals surface area (Å²) >= 11 is 0. The van der Waals surface area contributed by atoms with Crippen molar-refractivity contribution >= 4 is 17.8 Å². The second kappa shape index (κ2) is 12.6. The van der Waals surface area contributed by atoms with E-state index in [9.17, 15) is 31.1 Å². The third-order valence-corrected chi connectivity index (χ3v) is 5.54. The molecule has 2 aliphatic heterocycles. The number of rotatable bonds is 3. The molecule has 2 aliphatic rings. The van der Waals surface area contributed by atoms with Crippen LogP contribution < -0.4 is 0 Å². The second-order valence-electron chi connectivity index (χ2n) is 7.85. The van der Waals surface area contributed by atoms with Gasteiger partial charge >= 0.3 is 24.3 Å². The minimum Gasteiger partial charge on any atom is -0.475 e. The lowest BCUT2D eigenvalue weighted by molar-refractivity contribution is -0.193. The van der Waals surface area contributed by atoms with Crippen LogP contribution in [0.3, 0.4) is 0 Å². The van der Waals surface area contributed by atoms with Crippen LogP contribution in [0.15, 0.2) is 23.0 Å². The number of halogens is 6. The van der Waals surface area contributed by atoms with Gasteiger partial charge in [-0.15, -0.1) is 0 Å². The van der Waals surface area contributed by atoms with E-state index in [1.165, 1.54) is 5.56 Å². The van der Waals surface area contributed by atoms with E-state index in [1.54, 1.807) is 17.4 Å². The van der Waals surface area contributed by atoms with Gasteiger partial charge in [-0.1, -0.05) is 0 Å². The summed E-state index contributed by atoms with van der Waals surface area (Å²) in [5, 5.41) is 23.2. The number of aliphatic carboxylic acids is 2. The monoisotopic (exact) mass is 530 g/mol. The first-order valence-electron chi connectivity index (χ1n) is 10.3. The number of hydrogen-bond donors (Lipinski definition) is 2. The number of carboxylic acids is 2. The summed E-state index contributed by atoms with van der Waals surface area (Å²) in [5.74, 6) is -5.38. The molecular formula is C20H24F6N4O6. The first kappa shape index (κ1) is 30.7. The largest absolute Gasteiger partial charge is 0.490 e. The summed E-state index contributed by atoms with van der Waals surface area (Å²) in [6.07, 6.45) is -5.06. The SMILES string of the molecule is CN1CCN(CC#N)C(=O)C12CCN(Cc1ccoc1)CC2.O=C(O)C(F)(F)F.O=C(O)C(F)(F)F. The highest BCUT2D eigenvalue weighted by molar-refractivity contribution is 5.87. The molecule has 1 amide bonds. The van der Waals surface area contributed by atoms with Crippen LogP contribution in [0.1, 0.15) is 18.4 Å². The number of likely N-dealkylation sites (tertiary alicyclic amines) is 1. The number of carboxylic acid groups (broad SMARTS) is 2. The number of furan rings is 1. The Morgan fingerprint density at radius 3 is 1.94 bits per heavy atom. The van der Waals surface area contributed by atoms with Crippen molar-refractivity contribution in [2.45, 2.75) is 37.3 Å². The molecular weight excluding hydrogens is 506 g/mol. The van der Waals surface area contributed by atoms with E-state index in [-0.39, 0.29) is 12.5 Å². The molecule has 202 valence electrons. The van der Waals surface area contributed by atoms with Crippen LogP contribution >= 0.6 is 0 Å². The zero-order valence-electron chi connectivity index (χ0n) is 19.0. The summed E-state index contributed by atoms with van der Waals surface area (Å²) in [4.78, 5) is 36.9. The highest BCUT2D eigenvalue weighted by Gasteiger charge is 2.49. The van der Waals surface area contributed by atoms with Gasteiger partial charge in [0.05, 0.1) is 18.6 Å². The van der Waals surface area contributed by atoms with E-state index in [0.29, 0.717) is 6.54 Å². The molecule has 1 aromatic heterocycles. The molecule has 3 heterocycles. The molecule has 1 aromatic rings. The number of nitriles is 1. The standard InChI is InChI=1S/C16H22N4O2.2C2HF3O2/c1-18-9-10-20(8-5-17)15(21)16(18)3-6-19(7-4-16)12-14-2-11-22-13-14;2*3-2(4,5)1(6)7/h2,11,13H,3-4,6-10,12H2,1H3;2*(H,6,7). The van der Waals surface area contributed by atoms with Crippen molar-refractivity contribution in [2.24, 2.45) is 0 Å². The molecule has 3 rings (SSSR count). The molecule has 36 heavy (non-hydrogen) atoms. The molecule has 2 fully saturated rings. The van der Waals surface area contributed by atoms with Gasteiger partial charge in [0.2, 0.25) is 5.91 Å². The molecule has 10 nitrogen and oxygen atoms in total. The van der Waals surface area contributed by atoms with Crippen LogP contribution in [-0.2, 0) is 20.9 Å². The average molecular weight is 530 g/mol. The number of hydrogen-bond acceptors (Lipinski definition) is 7. The zero-order chi connectivity index (χ0) is 27.7. The van der Waals surface area contributed by atoms with Gasteiger partial charge in [-0.25, -0.2) is 9.59 Å². The van der Waals surface area contributed by atoms with E-state index in [1.807, 2.05) is 13.1 Å². The van der Waals surface area contributed by atoms with Crippen molar-refractivity contribution in [3.05, 3.63) is 24.2 Å². The Labute approximate surface area is 201 Å². The van der Waals surface area contributed by atoms with Crippen LogP contribution in [0.25, 0.3) is 0 Å². The van der Waals surface area contributed by atoms with E-state index in [2.05, 4.69) is 15.9 Å². The number of nitrogens with zero attached hydrogens (tertiary/aromatic N) is 4. The Bertz CT molecular complexity index is 897. The van der Waals surface area contributed by atoms with Crippen molar-refractivity contribution < 1.29 is 55.4 Å². The minimum atomic E-state index is -5.08. The van der Waals surface area contributed by atoms with E-state index < -0.39 is 29.8 Å². The van der Waals surface area contributed by atoms with Crippen molar-refractivity contribution in [1.29, 1.82) is 5.26 Å². The molecule has 0 atom stereocenters. The number of amides is 1. The summed E-state index contributed by atoms with van der Waals surface area (Å²) in [7, 11) is 2.04. The predicted octanol–water partition coefficient (Wildman–Crippen LogP) is 2.18. The molecule has 0 aliphatic carbocycles. The molecule has 0 bridgehead atoms. The molecule has 0 saturated carbocycles. The molecule has 0 unspecified atom stereocenters. The van der Waals surface area contributed by atoms with E-state index >= 15 is 0 Å². The highest BCUT2D eigenvalue weighted by Crippen LogP contribution is 2.33. The van der Waals surface area contributed by atoms with Crippen LogP contribution in [0.5, 0.6) is 0 Å². The van der Waals surface area contributed by atoms with Gasteiger partial charge in [-0.05, 0) is 26.0 Å². The molecule has 0 radical (unpaired) electrons. The minimum absolute atomic E-state index is 0.130. The number of carbonyl (C=O) groups excluding carboxylic acids is 1. The fourth-order valence-electron chi connectivity index (χ4n) is 3.60. The third-order valence-electron chi connectivity index (χ3n) is 5.54. The van der Waals surface area contributed by atoms with Gasteiger partial charge in [0.25, 0.3) is 0 Å². The van der Waals surface area contributed by atoms with Crippen molar-refractivity contribution in [3.63, 3.8) is 0 Å². The molecule has 16 heteroatoms. The summed E-state index contributed by atoms with van der Waals surface area (Å²) in [6, 6.07) is 4.09. The van der Waals surface area contributed by atoms with Crippen molar-refractivity contribution in [1.82, 2.24) is 14.7 Å².